The molecule has 0 bridgehead atoms. The van der Waals surface area contributed by atoms with Crippen LogP contribution in [0.4, 0.5) is 17.2 Å². The molecule has 2 aromatic heterocycles. The van der Waals surface area contributed by atoms with Gasteiger partial charge < -0.3 is 15.4 Å². The van der Waals surface area contributed by atoms with Gasteiger partial charge in [-0.1, -0.05) is 36.4 Å². The predicted molar refractivity (Wildman–Crippen MR) is 108 cm³/mol. The summed E-state index contributed by atoms with van der Waals surface area (Å²) < 4.78 is 6.04. The fourth-order valence-electron chi connectivity index (χ4n) is 2.90. The highest BCUT2D eigenvalue weighted by atomic mass is 16.5. The molecule has 0 radical (unpaired) electrons. The van der Waals surface area contributed by atoms with Gasteiger partial charge in [-0.3, -0.25) is 0 Å². The van der Waals surface area contributed by atoms with Crippen molar-refractivity contribution >= 4 is 28.1 Å². The summed E-state index contributed by atoms with van der Waals surface area (Å²) in [6, 6.07) is 19.6. The minimum atomic E-state index is 0.304. The van der Waals surface area contributed by atoms with E-state index < -0.39 is 0 Å². The van der Waals surface area contributed by atoms with Crippen molar-refractivity contribution in [3.05, 3.63) is 72.7 Å². The first-order valence-corrected chi connectivity index (χ1v) is 8.57. The molecule has 6 heteroatoms. The average Bonchev–Trinajstić information content (AvgIpc) is 2.70. The minimum Gasteiger partial charge on any atom is -0.435 e. The number of nitrogen functional groups attached to an aromatic ring is 1. The summed E-state index contributed by atoms with van der Waals surface area (Å²) in [5.41, 5.74) is 9.36. The molecule has 0 fully saturated rings. The summed E-state index contributed by atoms with van der Waals surface area (Å²) in [7, 11) is 1.90. The first-order valence-electron chi connectivity index (χ1n) is 8.57. The van der Waals surface area contributed by atoms with Gasteiger partial charge in [-0.05, 0) is 31.2 Å². The number of ether oxygens (including phenoxy) is 1. The number of anilines is 3. The summed E-state index contributed by atoms with van der Waals surface area (Å²) in [5.74, 6) is 1.49. The van der Waals surface area contributed by atoms with Crippen LogP contribution in [-0.2, 0) is 0 Å². The highest BCUT2D eigenvalue weighted by Crippen LogP contribution is 2.35. The Hall–Kier alpha value is -3.67. The van der Waals surface area contributed by atoms with Crippen LogP contribution in [0, 0.1) is 6.92 Å². The Morgan fingerprint density at radius 2 is 1.74 bits per heavy atom. The molecule has 2 aromatic carbocycles. The van der Waals surface area contributed by atoms with Gasteiger partial charge in [0.15, 0.2) is 11.6 Å². The van der Waals surface area contributed by atoms with Crippen molar-refractivity contribution in [1.29, 1.82) is 0 Å². The van der Waals surface area contributed by atoms with Crippen LogP contribution >= 0.6 is 0 Å². The molecule has 4 aromatic rings. The van der Waals surface area contributed by atoms with E-state index in [2.05, 4.69) is 15.0 Å². The monoisotopic (exact) mass is 357 g/mol. The second-order valence-electron chi connectivity index (χ2n) is 6.19. The Morgan fingerprint density at radius 1 is 0.926 bits per heavy atom. The Kier molecular flexibility index (Phi) is 4.30. The smallest absolute Gasteiger partial charge is 0.248 e. The summed E-state index contributed by atoms with van der Waals surface area (Å²) in [4.78, 5) is 15.0. The van der Waals surface area contributed by atoms with Crippen LogP contribution < -0.4 is 15.4 Å². The number of nitrogens with zero attached hydrogens (tertiary/aromatic N) is 4. The molecule has 6 nitrogen and oxygen atoms in total. The van der Waals surface area contributed by atoms with Crippen LogP contribution in [0.5, 0.6) is 11.6 Å². The maximum atomic E-state index is 6.33. The largest absolute Gasteiger partial charge is 0.435 e. The van der Waals surface area contributed by atoms with Crippen molar-refractivity contribution in [3.8, 4) is 11.6 Å². The quantitative estimate of drug-likeness (QED) is 0.580. The highest BCUT2D eigenvalue weighted by molar-refractivity contribution is 5.85. The fourth-order valence-corrected chi connectivity index (χ4v) is 2.90. The maximum absolute atomic E-state index is 6.33. The van der Waals surface area contributed by atoms with Gasteiger partial charge in [0.1, 0.15) is 17.5 Å². The number of pyridine rings is 1. The Bertz CT molecular complexity index is 1100. The normalized spacial score (nSPS) is 10.7. The van der Waals surface area contributed by atoms with Gasteiger partial charge in [0.2, 0.25) is 5.88 Å². The molecule has 2 heterocycles. The molecule has 0 unspecified atom stereocenters. The van der Waals surface area contributed by atoms with Crippen molar-refractivity contribution in [3.63, 3.8) is 0 Å². The van der Waals surface area contributed by atoms with Crippen LogP contribution in [0.15, 0.2) is 67.0 Å². The molecule has 4 rings (SSSR count). The van der Waals surface area contributed by atoms with Crippen LogP contribution in [0.1, 0.15) is 5.69 Å². The third kappa shape index (κ3) is 3.25. The molecule has 0 aliphatic heterocycles. The number of hydrogen-bond acceptors (Lipinski definition) is 6. The van der Waals surface area contributed by atoms with Gasteiger partial charge in [0, 0.05) is 23.8 Å². The van der Waals surface area contributed by atoms with E-state index in [9.17, 15) is 0 Å². The van der Waals surface area contributed by atoms with Crippen molar-refractivity contribution < 1.29 is 4.74 Å². The Labute approximate surface area is 157 Å². The lowest BCUT2D eigenvalue weighted by molar-refractivity contribution is 0.468. The zero-order chi connectivity index (χ0) is 18.8. The molecule has 0 aliphatic carbocycles. The van der Waals surface area contributed by atoms with Crippen molar-refractivity contribution in [2.24, 2.45) is 0 Å². The second-order valence-corrected chi connectivity index (χ2v) is 6.19. The topological polar surface area (TPSA) is 77.2 Å². The van der Waals surface area contributed by atoms with Gasteiger partial charge in [-0.2, -0.15) is 4.98 Å². The van der Waals surface area contributed by atoms with Gasteiger partial charge in [-0.25, -0.2) is 9.97 Å². The number of fused-ring (bicyclic) bond motifs is 1. The van der Waals surface area contributed by atoms with Crippen LogP contribution in [-0.4, -0.2) is 22.0 Å². The zero-order valence-corrected chi connectivity index (χ0v) is 15.1. The van der Waals surface area contributed by atoms with Crippen LogP contribution in [0.3, 0.4) is 0 Å². The van der Waals surface area contributed by atoms with Crippen molar-refractivity contribution in [2.45, 2.75) is 6.92 Å². The number of aryl methyl sites for hydroxylation is 1. The number of nitrogens with two attached hydrogens (primary N) is 1. The van der Waals surface area contributed by atoms with E-state index in [1.54, 1.807) is 0 Å². The summed E-state index contributed by atoms with van der Waals surface area (Å²) >= 11 is 0. The van der Waals surface area contributed by atoms with Gasteiger partial charge in [0.25, 0.3) is 0 Å². The Morgan fingerprint density at radius 3 is 2.56 bits per heavy atom. The lowest BCUT2D eigenvalue weighted by Gasteiger charge is -2.20. The molecule has 0 spiro atoms. The second kappa shape index (κ2) is 6.92. The molecule has 0 saturated carbocycles. The Balaban J connectivity index is 1.73. The first-order chi connectivity index (χ1) is 13.1. The molecule has 0 amide bonds. The molecule has 134 valence electrons. The SMILES string of the molecule is Cc1ccc2cccc(Oc3ncnc(N(C)c4ccccc4)c3N)c2n1. The fraction of sp³-hybridized carbons (Fsp3) is 0.0952. The van der Waals surface area contributed by atoms with Gasteiger partial charge in [0.05, 0.1) is 0 Å². The number of hydrogen-bond donors (Lipinski definition) is 1. The molecular formula is C21H19N5O. The summed E-state index contributed by atoms with van der Waals surface area (Å²) in [6.45, 7) is 1.95. The van der Waals surface area contributed by atoms with E-state index in [4.69, 9.17) is 10.5 Å². The number of para-hydroxylation sites is 2. The third-order valence-electron chi connectivity index (χ3n) is 4.32. The lowest BCUT2D eigenvalue weighted by Crippen LogP contribution is -2.14. The summed E-state index contributed by atoms with van der Waals surface area (Å²) in [5, 5.41) is 0.993. The third-order valence-corrected chi connectivity index (χ3v) is 4.32. The van der Waals surface area contributed by atoms with Gasteiger partial charge >= 0.3 is 0 Å². The predicted octanol–water partition coefficient (Wildman–Crippen LogP) is 4.48. The van der Waals surface area contributed by atoms with Gasteiger partial charge in [-0.15, -0.1) is 0 Å². The van der Waals surface area contributed by atoms with Crippen molar-refractivity contribution in [2.75, 3.05) is 17.7 Å². The number of benzene rings is 2. The molecule has 2 N–H and O–H groups in total. The first kappa shape index (κ1) is 16.8. The van der Waals surface area contributed by atoms with E-state index >= 15 is 0 Å². The van der Waals surface area contributed by atoms with E-state index in [0.717, 1.165) is 22.3 Å². The summed E-state index contributed by atoms with van der Waals surface area (Å²) in [6.07, 6.45) is 1.45. The standard InChI is InChI=1S/C21H19N5O/c1-14-11-12-15-7-6-10-17(19(15)25-14)27-21-18(22)20(23-13-24-21)26(2)16-8-4-3-5-9-16/h3-13H,22H2,1-2H3. The number of rotatable bonds is 4. The number of aromatic nitrogens is 3. The van der Waals surface area contributed by atoms with Crippen molar-refractivity contribution in [1.82, 2.24) is 15.0 Å². The molecule has 0 aliphatic rings. The van der Waals surface area contributed by atoms with E-state index in [0.29, 0.717) is 23.1 Å². The maximum Gasteiger partial charge on any atom is 0.248 e. The minimum absolute atomic E-state index is 0.304. The molecule has 0 atom stereocenters. The van der Waals surface area contributed by atoms with Crippen LogP contribution in [0.2, 0.25) is 0 Å². The molecule has 27 heavy (non-hydrogen) atoms. The van der Waals surface area contributed by atoms with E-state index in [1.807, 2.05) is 79.5 Å². The van der Waals surface area contributed by atoms with Crippen LogP contribution in [0.25, 0.3) is 10.9 Å². The zero-order valence-electron chi connectivity index (χ0n) is 15.1. The lowest BCUT2D eigenvalue weighted by atomic mass is 10.2. The van der Waals surface area contributed by atoms with E-state index in [1.165, 1.54) is 6.33 Å². The highest BCUT2D eigenvalue weighted by Gasteiger charge is 2.16. The molecular weight excluding hydrogens is 338 g/mol. The molecule has 0 saturated heterocycles. The average molecular weight is 357 g/mol. The van der Waals surface area contributed by atoms with E-state index in [-0.39, 0.29) is 0 Å².